The fourth-order valence-corrected chi connectivity index (χ4v) is 1.39. The molecule has 0 aliphatic heterocycles. The number of pyridine rings is 1. The molecule has 0 spiro atoms. The number of hydrogen-bond donors (Lipinski definition) is 0. The second kappa shape index (κ2) is 4.81. The van der Waals surface area contributed by atoms with Gasteiger partial charge in [0.05, 0.1) is 22.4 Å². The molecular formula is C8H4ClF2N3O2. The monoisotopic (exact) mass is 247 g/mol. The molecule has 84 valence electrons. The van der Waals surface area contributed by atoms with Crippen molar-refractivity contribution in [2.45, 2.75) is 12.3 Å². The Kier molecular flexibility index (Phi) is 3.68. The Labute approximate surface area is 93.4 Å². The molecule has 8 heteroatoms. The molecule has 0 aliphatic carbocycles. The van der Waals surface area contributed by atoms with Crippen LogP contribution in [0, 0.1) is 21.4 Å². The number of nitriles is 1. The third kappa shape index (κ3) is 2.23. The van der Waals surface area contributed by atoms with Gasteiger partial charge < -0.3 is 0 Å². The molecule has 1 heterocycles. The summed E-state index contributed by atoms with van der Waals surface area (Å²) in [6.07, 6.45) is -3.01. The van der Waals surface area contributed by atoms with Crippen LogP contribution < -0.4 is 0 Å². The minimum absolute atomic E-state index is 0.360. The van der Waals surface area contributed by atoms with Crippen molar-refractivity contribution < 1.29 is 13.7 Å². The van der Waals surface area contributed by atoms with E-state index in [1.54, 1.807) is 0 Å². The summed E-state index contributed by atoms with van der Waals surface area (Å²) in [5, 5.41) is 19.1. The molecule has 5 nitrogen and oxygen atoms in total. The second-order valence-electron chi connectivity index (χ2n) is 2.69. The Morgan fingerprint density at radius 2 is 2.31 bits per heavy atom. The lowest BCUT2D eigenvalue weighted by Gasteiger charge is -2.06. The van der Waals surface area contributed by atoms with Crippen molar-refractivity contribution in [1.82, 2.24) is 4.98 Å². The van der Waals surface area contributed by atoms with Crippen LogP contribution in [0.15, 0.2) is 6.07 Å². The molecule has 0 N–H and O–H groups in total. The molecule has 0 bridgehead atoms. The zero-order valence-electron chi connectivity index (χ0n) is 7.65. The second-order valence-corrected chi connectivity index (χ2v) is 2.96. The van der Waals surface area contributed by atoms with E-state index in [1.165, 1.54) is 6.07 Å². The van der Waals surface area contributed by atoms with Gasteiger partial charge >= 0.3 is 0 Å². The lowest BCUT2D eigenvalue weighted by atomic mass is 10.1. The summed E-state index contributed by atoms with van der Waals surface area (Å²) in [6, 6.07) is 2.30. The van der Waals surface area contributed by atoms with Gasteiger partial charge in [0.2, 0.25) is 0 Å². The van der Waals surface area contributed by atoms with Gasteiger partial charge in [0.15, 0.2) is 0 Å². The minimum atomic E-state index is -3.01. The molecule has 0 atom stereocenters. The topological polar surface area (TPSA) is 79.8 Å². The summed E-state index contributed by atoms with van der Waals surface area (Å²) in [5.41, 5.74) is -2.23. The van der Waals surface area contributed by atoms with E-state index in [1.807, 2.05) is 0 Å². The predicted molar refractivity (Wildman–Crippen MR) is 50.1 cm³/mol. The zero-order chi connectivity index (χ0) is 12.3. The minimum Gasteiger partial charge on any atom is -0.258 e. The van der Waals surface area contributed by atoms with Crippen LogP contribution in [0.2, 0.25) is 0 Å². The fraction of sp³-hybridized carbons (Fsp3) is 0.250. The standard InChI is InChI=1S/C8H4ClF2N3O2/c9-2-5-6(14(15)16)1-4(3-12)13-7(5)8(10)11/h1,8H,2H2. The average Bonchev–Trinajstić information content (AvgIpc) is 2.26. The van der Waals surface area contributed by atoms with E-state index in [0.717, 1.165) is 6.07 Å². The van der Waals surface area contributed by atoms with Gasteiger partial charge in [0, 0.05) is 0 Å². The first-order valence-electron chi connectivity index (χ1n) is 3.93. The van der Waals surface area contributed by atoms with Crippen molar-refractivity contribution in [1.29, 1.82) is 5.26 Å². The summed E-state index contributed by atoms with van der Waals surface area (Å²) in [7, 11) is 0. The highest BCUT2D eigenvalue weighted by atomic mass is 35.5. The molecule has 1 rings (SSSR count). The Morgan fingerprint density at radius 3 is 2.69 bits per heavy atom. The summed E-state index contributed by atoms with van der Waals surface area (Å²) in [4.78, 5) is 13.0. The number of halogens is 3. The molecule has 1 aromatic heterocycles. The Balaban J connectivity index is 3.54. The molecule has 0 amide bonds. The van der Waals surface area contributed by atoms with Crippen LogP contribution in [-0.2, 0) is 5.88 Å². The van der Waals surface area contributed by atoms with Crippen molar-refractivity contribution in [3.63, 3.8) is 0 Å². The fourth-order valence-electron chi connectivity index (χ4n) is 1.11. The molecule has 1 aromatic rings. The smallest absolute Gasteiger partial charge is 0.258 e. The maximum Gasteiger partial charge on any atom is 0.280 e. The van der Waals surface area contributed by atoms with Crippen molar-refractivity contribution in [3.05, 3.63) is 33.1 Å². The molecule has 0 fully saturated rings. The van der Waals surface area contributed by atoms with E-state index in [2.05, 4.69) is 4.98 Å². The molecule has 0 saturated carbocycles. The highest BCUT2D eigenvalue weighted by molar-refractivity contribution is 6.17. The van der Waals surface area contributed by atoms with Gasteiger partial charge in [-0.05, 0) is 0 Å². The summed E-state index contributed by atoms with van der Waals surface area (Å²) < 4.78 is 25.0. The van der Waals surface area contributed by atoms with E-state index in [0.29, 0.717) is 0 Å². The average molecular weight is 248 g/mol. The number of rotatable bonds is 3. The van der Waals surface area contributed by atoms with E-state index in [-0.39, 0.29) is 5.56 Å². The highest BCUT2D eigenvalue weighted by Gasteiger charge is 2.25. The van der Waals surface area contributed by atoms with Crippen molar-refractivity contribution in [3.8, 4) is 6.07 Å². The van der Waals surface area contributed by atoms with Crippen LogP contribution >= 0.6 is 11.6 Å². The number of hydrogen-bond acceptors (Lipinski definition) is 4. The maximum absolute atomic E-state index is 12.5. The van der Waals surface area contributed by atoms with Crippen LogP contribution in [0.3, 0.4) is 0 Å². The molecule has 0 aliphatic rings. The van der Waals surface area contributed by atoms with Gasteiger partial charge in [-0.25, -0.2) is 13.8 Å². The van der Waals surface area contributed by atoms with Gasteiger partial charge in [-0.3, -0.25) is 10.1 Å². The lowest BCUT2D eigenvalue weighted by molar-refractivity contribution is -0.385. The van der Waals surface area contributed by atoms with Crippen molar-refractivity contribution >= 4 is 17.3 Å². The first-order valence-corrected chi connectivity index (χ1v) is 4.47. The van der Waals surface area contributed by atoms with Gasteiger partial charge in [0.1, 0.15) is 17.5 Å². The molecular weight excluding hydrogens is 244 g/mol. The predicted octanol–water partition coefficient (Wildman–Crippen LogP) is 2.54. The van der Waals surface area contributed by atoms with Gasteiger partial charge in [-0.1, -0.05) is 0 Å². The van der Waals surface area contributed by atoms with Gasteiger partial charge in [-0.2, -0.15) is 5.26 Å². The largest absolute Gasteiger partial charge is 0.280 e. The van der Waals surface area contributed by atoms with Crippen LogP contribution in [0.5, 0.6) is 0 Å². The normalized spacial score (nSPS) is 10.2. The molecule has 0 unspecified atom stereocenters. The van der Waals surface area contributed by atoms with Crippen LogP contribution in [0.4, 0.5) is 14.5 Å². The summed E-state index contributed by atoms with van der Waals surface area (Å²) in [6.45, 7) is 0. The van der Waals surface area contributed by atoms with E-state index >= 15 is 0 Å². The molecule has 16 heavy (non-hydrogen) atoms. The molecule has 0 radical (unpaired) electrons. The van der Waals surface area contributed by atoms with Crippen molar-refractivity contribution in [2.75, 3.05) is 0 Å². The highest BCUT2D eigenvalue weighted by Crippen LogP contribution is 2.30. The quantitative estimate of drug-likeness (QED) is 0.467. The van der Waals surface area contributed by atoms with Gasteiger partial charge in [-0.15, -0.1) is 11.6 Å². The summed E-state index contributed by atoms with van der Waals surface area (Å²) in [5.74, 6) is -0.464. The molecule has 0 aromatic carbocycles. The zero-order valence-corrected chi connectivity index (χ0v) is 8.41. The number of alkyl halides is 3. The van der Waals surface area contributed by atoms with E-state index in [9.17, 15) is 18.9 Å². The number of nitro groups is 1. The first kappa shape index (κ1) is 12.3. The Hall–Kier alpha value is -1.81. The Morgan fingerprint density at radius 1 is 1.69 bits per heavy atom. The molecule has 0 saturated heterocycles. The first-order chi connectivity index (χ1) is 7.51. The van der Waals surface area contributed by atoms with E-state index in [4.69, 9.17) is 16.9 Å². The number of aromatic nitrogens is 1. The third-order valence-corrected chi connectivity index (χ3v) is 2.05. The van der Waals surface area contributed by atoms with Crippen LogP contribution in [0.25, 0.3) is 0 Å². The maximum atomic E-state index is 12.5. The summed E-state index contributed by atoms with van der Waals surface area (Å²) >= 11 is 5.36. The van der Waals surface area contributed by atoms with Gasteiger partial charge in [0.25, 0.3) is 12.1 Å². The van der Waals surface area contributed by atoms with Crippen molar-refractivity contribution in [2.24, 2.45) is 0 Å². The SMILES string of the molecule is N#Cc1cc([N+](=O)[O-])c(CCl)c(C(F)F)n1. The van der Waals surface area contributed by atoms with E-state index < -0.39 is 34.3 Å². The third-order valence-electron chi connectivity index (χ3n) is 1.78. The number of nitrogens with zero attached hydrogens (tertiary/aromatic N) is 3. The van der Waals surface area contributed by atoms with Crippen LogP contribution in [0.1, 0.15) is 23.4 Å². The lowest BCUT2D eigenvalue weighted by Crippen LogP contribution is -2.04. The Bertz CT molecular complexity index is 473. The van der Waals surface area contributed by atoms with Crippen LogP contribution in [-0.4, -0.2) is 9.91 Å².